The van der Waals surface area contributed by atoms with Crippen LogP contribution in [0.2, 0.25) is 0 Å². The average molecular weight is 255 g/mol. The van der Waals surface area contributed by atoms with Crippen molar-refractivity contribution in [1.29, 1.82) is 0 Å². The third-order valence-electron chi connectivity index (χ3n) is 3.42. The Bertz CT molecular complexity index is 647. The number of fused-ring (bicyclic) bond motifs is 1. The maximum atomic E-state index is 11.6. The Morgan fingerprint density at radius 3 is 2.74 bits per heavy atom. The first-order valence-electron chi connectivity index (χ1n) is 6.40. The number of primary amides is 1. The average Bonchev–Trinajstić information content (AvgIpc) is 2.90. The van der Waals surface area contributed by atoms with E-state index in [1.807, 2.05) is 6.92 Å². The molecule has 1 radical (unpaired) electrons. The van der Waals surface area contributed by atoms with E-state index in [2.05, 4.69) is 20.9 Å². The summed E-state index contributed by atoms with van der Waals surface area (Å²) in [6.45, 7) is 3.78. The van der Waals surface area contributed by atoms with E-state index in [0.29, 0.717) is 11.4 Å². The van der Waals surface area contributed by atoms with Gasteiger partial charge in [-0.3, -0.25) is 4.79 Å². The summed E-state index contributed by atoms with van der Waals surface area (Å²) >= 11 is 0. The topological polar surface area (TPSA) is 72.1 Å². The van der Waals surface area contributed by atoms with Crippen LogP contribution >= 0.6 is 0 Å². The number of rotatable bonds is 2. The standard InChI is InChI=1S/C14H15N4O/c1-9-16-11-6-4-5-10(13(15)19)12(11)14(17-9)18-7-2-3-8-18/h5-6H,2-3,7-8H2,1H3,(H2,15,19). The number of amides is 1. The minimum atomic E-state index is -0.463. The number of hydrogen-bond donors (Lipinski definition) is 1. The van der Waals surface area contributed by atoms with Crippen LogP contribution in [-0.4, -0.2) is 29.0 Å². The lowest BCUT2D eigenvalue weighted by Crippen LogP contribution is -2.21. The summed E-state index contributed by atoms with van der Waals surface area (Å²) in [5, 5.41) is 0.749. The zero-order valence-electron chi connectivity index (χ0n) is 10.8. The van der Waals surface area contributed by atoms with Gasteiger partial charge in [-0.15, -0.1) is 0 Å². The molecule has 3 rings (SSSR count). The van der Waals surface area contributed by atoms with Crippen LogP contribution in [0.25, 0.3) is 10.9 Å². The minimum absolute atomic E-state index is 0.444. The third kappa shape index (κ3) is 2.01. The summed E-state index contributed by atoms with van der Waals surface area (Å²) in [5.41, 5.74) is 6.62. The Balaban J connectivity index is 2.31. The number of benzene rings is 1. The lowest BCUT2D eigenvalue weighted by Gasteiger charge is -2.19. The second kappa shape index (κ2) is 4.50. The summed E-state index contributed by atoms with van der Waals surface area (Å²) in [7, 11) is 0. The van der Waals surface area contributed by atoms with Gasteiger partial charge >= 0.3 is 0 Å². The molecule has 0 atom stereocenters. The van der Waals surface area contributed by atoms with E-state index in [0.717, 1.165) is 42.7 Å². The maximum Gasteiger partial charge on any atom is 0.249 e. The summed E-state index contributed by atoms with van der Waals surface area (Å²) in [6, 6.07) is 6.31. The van der Waals surface area contributed by atoms with E-state index in [9.17, 15) is 4.79 Å². The van der Waals surface area contributed by atoms with Crippen molar-refractivity contribution in [3.8, 4) is 0 Å². The summed E-state index contributed by atoms with van der Waals surface area (Å²) < 4.78 is 0. The van der Waals surface area contributed by atoms with Gasteiger partial charge in [0.05, 0.1) is 16.5 Å². The highest BCUT2D eigenvalue weighted by Crippen LogP contribution is 2.29. The Morgan fingerprint density at radius 1 is 1.32 bits per heavy atom. The Labute approximate surface area is 111 Å². The SMILES string of the molecule is Cc1nc(N2CCCC2)c2c(C(N)=O)c[c]cc2n1. The highest BCUT2D eigenvalue weighted by Gasteiger charge is 2.20. The fourth-order valence-electron chi connectivity index (χ4n) is 2.57. The van der Waals surface area contributed by atoms with Crippen molar-refractivity contribution in [3.63, 3.8) is 0 Å². The number of hydrogen-bond acceptors (Lipinski definition) is 4. The molecule has 0 unspecified atom stereocenters. The van der Waals surface area contributed by atoms with Gasteiger partial charge in [-0.25, -0.2) is 9.97 Å². The van der Waals surface area contributed by atoms with Crippen molar-refractivity contribution in [1.82, 2.24) is 9.97 Å². The lowest BCUT2D eigenvalue weighted by molar-refractivity contribution is 0.100. The molecular weight excluding hydrogens is 240 g/mol. The molecule has 97 valence electrons. The van der Waals surface area contributed by atoms with E-state index < -0.39 is 5.91 Å². The van der Waals surface area contributed by atoms with Crippen molar-refractivity contribution < 1.29 is 4.79 Å². The summed E-state index contributed by atoms with van der Waals surface area (Å²) in [6.07, 6.45) is 2.30. The second-order valence-corrected chi connectivity index (χ2v) is 4.78. The molecule has 1 aliphatic rings. The second-order valence-electron chi connectivity index (χ2n) is 4.78. The molecule has 1 aliphatic heterocycles. The highest BCUT2D eigenvalue weighted by molar-refractivity contribution is 6.09. The van der Waals surface area contributed by atoms with Crippen molar-refractivity contribution >= 4 is 22.6 Å². The smallest absolute Gasteiger partial charge is 0.249 e. The Morgan fingerprint density at radius 2 is 2.05 bits per heavy atom. The van der Waals surface area contributed by atoms with Crippen LogP contribution in [0, 0.1) is 13.0 Å². The predicted molar refractivity (Wildman–Crippen MR) is 73.1 cm³/mol. The molecule has 0 bridgehead atoms. The van der Waals surface area contributed by atoms with Crippen LogP contribution in [0.3, 0.4) is 0 Å². The lowest BCUT2D eigenvalue weighted by atomic mass is 10.1. The number of nitrogens with zero attached hydrogens (tertiary/aromatic N) is 3. The third-order valence-corrected chi connectivity index (χ3v) is 3.42. The molecule has 1 aromatic carbocycles. The molecular formula is C14H15N4O. The molecule has 2 heterocycles. The summed E-state index contributed by atoms with van der Waals surface area (Å²) in [5.74, 6) is 1.06. The van der Waals surface area contributed by atoms with Crippen LogP contribution < -0.4 is 10.6 Å². The van der Waals surface area contributed by atoms with Crippen molar-refractivity contribution in [2.24, 2.45) is 5.73 Å². The predicted octanol–water partition coefficient (Wildman–Crippen LogP) is 1.44. The minimum Gasteiger partial charge on any atom is -0.366 e. The first kappa shape index (κ1) is 11.9. The molecule has 0 aliphatic carbocycles. The van der Waals surface area contributed by atoms with Gasteiger partial charge in [0.1, 0.15) is 11.6 Å². The first-order chi connectivity index (χ1) is 9.16. The maximum absolute atomic E-state index is 11.6. The molecule has 0 spiro atoms. The quantitative estimate of drug-likeness (QED) is 0.881. The molecule has 5 heteroatoms. The van der Waals surface area contributed by atoms with Gasteiger partial charge in [-0.2, -0.15) is 0 Å². The van der Waals surface area contributed by atoms with E-state index in [-0.39, 0.29) is 0 Å². The Kier molecular flexibility index (Phi) is 2.81. The normalized spacial score (nSPS) is 15.1. The van der Waals surface area contributed by atoms with E-state index in [1.165, 1.54) is 0 Å². The monoisotopic (exact) mass is 255 g/mol. The fraction of sp³-hybridized carbons (Fsp3) is 0.357. The van der Waals surface area contributed by atoms with E-state index in [4.69, 9.17) is 5.73 Å². The van der Waals surface area contributed by atoms with Crippen LogP contribution in [0.15, 0.2) is 12.1 Å². The zero-order valence-corrected chi connectivity index (χ0v) is 10.8. The van der Waals surface area contributed by atoms with E-state index in [1.54, 1.807) is 12.1 Å². The Hall–Kier alpha value is -2.17. The van der Waals surface area contributed by atoms with Gasteiger partial charge in [0.2, 0.25) is 5.91 Å². The summed E-state index contributed by atoms with van der Waals surface area (Å²) in [4.78, 5) is 22.7. The van der Waals surface area contributed by atoms with E-state index >= 15 is 0 Å². The van der Waals surface area contributed by atoms with Crippen LogP contribution in [0.1, 0.15) is 29.0 Å². The number of anilines is 1. The molecule has 19 heavy (non-hydrogen) atoms. The van der Waals surface area contributed by atoms with Gasteiger partial charge in [0.15, 0.2) is 0 Å². The molecule has 2 aromatic rings. The van der Waals surface area contributed by atoms with Crippen molar-refractivity contribution in [2.75, 3.05) is 18.0 Å². The molecule has 2 N–H and O–H groups in total. The number of nitrogens with two attached hydrogens (primary N) is 1. The fourth-order valence-corrected chi connectivity index (χ4v) is 2.57. The first-order valence-corrected chi connectivity index (χ1v) is 6.40. The van der Waals surface area contributed by atoms with Crippen LogP contribution in [0.4, 0.5) is 5.82 Å². The molecule has 1 fully saturated rings. The van der Waals surface area contributed by atoms with Crippen molar-refractivity contribution in [3.05, 3.63) is 29.6 Å². The van der Waals surface area contributed by atoms with Gasteiger partial charge < -0.3 is 10.6 Å². The highest BCUT2D eigenvalue weighted by atomic mass is 16.1. The van der Waals surface area contributed by atoms with Gasteiger partial charge in [-0.05, 0) is 38.0 Å². The molecule has 1 saturated heterocycles. The zero-order chi connectivity index (χ0) is 13.4. The van der Waals surface area contributed by atoms with Crippen molar-refractivity contribution in [2.45, 2.75) is 19.8 Å². The van der Waals surface area contributed by atoms with Gasteiger partial charge in [-0.1, -0.05) is 0 Å². The van der Waals surface area contributed by atoms with Crippen LogP contribution in [-0.2, 0) is 0 Å². The van der Waals surface area contributed by atoms with Gasteiger partial charge in [0.25, 0.3) is 0 Å². The number of carbonyl (C=O) groups is 1. The number of aryl methyl sites for hydroxylation is 1. The molecule has 5 nitrogen and oxygen atoms in total. The molecule has 1 aromatic heterocycles. The largest absolute Gasteiger partial charge is 0.366 e. The van der Waals surface area contributed by atoms with Crippen LogP contribution in [0.5, 0.6) is 0 Å². The van der Waals surface area contributed by atoms with Gasteiger partial charge in [0, 0.05) is 13.1 Å². The molecule has 1 amide bonds. The number of aromatic nitrogens is 2. The number of carbonyl (C=O) groups excluding carboxylic acids is 1. The molecule has 0 saturated carbocycles.